The third-order valence-corrected chi connectivity index (χ3v) is 3.01. The fraction of sp³-hybridized carbons (Fsp3) is 0.0909. The zero-order valence-electron chi connectivity index (χ0n) is 8.90. The number of aromatic amines is 1. The highest BCUT2D eigenvalue weighted by molar-refractivity contribution is 9.10. The van der Waals surface area contributed by atoms with Crippen LogP contribution >= 0.6 is 15.9 Å². The van der Waals surface area contributed by atoms with Crippen molar-refractivity contribution in [2.24, 2.45) is 0 Å². The molecule has 1 aromatic carbocycles. The number of halogens is 1. The average Bonchev–Trinajstić information content (AvgIpc) is 2.74. The number of benzene rings is 1. The van der Waals surface area contributed by atoms with Crippen LogP contribution in [-0.4, -0.2) is 16.1 Å². The monoisotopic (exact) mass is 294 g/mol. The lowest BCUT2D eigenvalue weighted by Gasteiger charge is -2.05. The van der Waals surface area contributed by atoms with E-state index in [2.05, 4.69) is 31.4 Å². The number of hydrogen-bond acceptors (Lipinski definition) is 3. The maximum Gasteiger partial charge on any atom is 0.269 e. The third kappa shape index (κ3) is 2.85. The van der Waals surface area contributed by atoms with Gasteiger partial charge in [0.25, 0.3) is 5.91 Å². The van der Waals surface area contributed by atoms with Crippen LogP contribution in [-0.2, 0) is 6.54 Å². The van der Waals surface area contributed by atoms with Crippen LogP contribution in [0.15, 0.2) is 34.8 Å². The lowest BCUT2D eigenvalue weighted by Crippen LogP contribution is -2.23. The molecule has 0 saturated carbocycles. The molecule has 0 unspecified atom stereocenters. The number of nitrogens with one attached hydrogen (secondary N) is 2. The van der Waals surface area contributed by atoms with Crippen molar-refractivity contribution in [3.05, 3.63) is 46.1 Å². The van der Waals surface area contributed by atoms with Gasteiger partial charge in [-0.15, -0.1) is 0 Å². The Labute approximate surface area is 107 Å². The number of anilines is 1. The molecule has 0 atom stereocenters. The fourth-order valence-electron chi connectivity index (χ4n) is 1.37. The predicted octanol–water partition coefficient (Wildman–Crippen LogP) is 1.68. The minimum absolute atomic E-state index is 0.232. The van der Waals surface area contributed by atoms with Crippen molar-refractivity contribution >= 4 is 27.7 Å². The summed E-state index contributed by atoms with van der Waals surface area (Å²) < 4.78 is 0.962. The van der Waals surface area contributed by atoms with Crippen LogP contribution in [0.5, 0.6) is 0 Å². The van der Waals surface area contributed by atoms with Crippen LogP contribution < -0.4 is 11.1 Å². The van der Waals surface area contributed by atoms with E-state index < -0.39 is 0 Å². The van der Waals surface area contributed by atoms with E-state index in [0.717, 1.165) is 10.0 Å². The highest BCUT2D eigenvalue weighted by Gasteiger charge is 2.08. The molecular weight excluding hydrogens is 284 g/mol. The molecule has 6 heteroatoms. The maximum atomic E-state index is 11.7. The molecule has 0 saturated heterocycles. The van der Waals surface area contributed by atoms with E-state index in [1.54, 1.807) is 0 Å². The highest BCUT2D eigenvalue weighted by Crippen LogP contribution is 2.15. The summed E-state index contributed by atoms with van der Waals surface area (Å²) in [4.78, 5) is 11.7. The van der Waals surface area contributed by atoms with Crippen molar-refractivity contribution in [1.82, 2.24) is 15.5 Å². The first-order valence-electron chi connectivity index (χ1n) is 4.99. The number of amides is 1. The van der Waals surface area contributed by atoms with Gasteiger partial charge < -0.3 is 11.1 Å². The number of hydrogen-bond donors (Lipinski definition) is 3. The van der Waals surface area contributed by atoms with Crippen LogP contribution in [0.1, 0.15) is 16.1 Å². The van der Waals surface area contributed by atoms with Gasteiger partial charge in [-0.25, -0.2) is 0 Å². The zero-order chi connectivity index (χ0) is 12.3. The molecule has 0 aliphatic rings. The average molecular weight is 295 g/mol. The first kappa shape index (κ1) is 11.7. The van der Waals surface area contributed by atoms with Gasteiger partial charge in [0, 0.05) is 17.1 Å². The largest absolute Gasteiger partial charge is 0.382 e. The van der Waals surface area contributed by atoms with Gasteiger partial charge in [0.15, 0.2) is 0 Å². The molecule has 0 fully saturated rings. The van der Waals surface area contributed by atoms with E-state index in [1.807, 2.05) is 24.3 Å². The molecule has 1 aromatic heterocycles. The van der Waals surface area contributed by atoms with Crippen molar-refractivity contribution in [2.45, 2.75) is 6.54 Å². The van der Waals surface area contributed by atoms with Crippen LogP contribution in [0.3, 0.4) is 0 Å². The second-order valence-corrected chi connectivity index (χ2v) is 4.33. The molecule has 88 valence electrons. The number of aromatic nitrogens is 2. The summed E-state index contributed by atoms with van der Waals surface area (Å²) >= 11 is 3.42. The van der Waals surface area contributed by atoms with E-state index in [-0.39, 0.29) is 5.91 Å². The second-order valence-electron chi connectivity index (χ2n) is 3.48. The van der Waals surface area contributed by atoms with Gasteiger partial charge in [0.2, 0.25) is 0 Å². The van der Waals surface area contributed by atoms with Crippen molar-refractivity contribution in [3.63, 3.8) is 0 Å². The van der Waals surface area contributed by atoms with Gasteiger partial charge in [-0.05, 0) is 11.6 Å². The molecule has 17 heavy (non-hydrogen) atoms. The molecule has 2 rings (SSSR count). The van der Waals surface area contributed by atoms with E-state index >= 15 is 0 Å². The lowest BCUT2D eigenvalue weighted by molar-refractivity contribution is 0.0946. The van der Waals surface area contributed by atoms with Crippen molar-refractivity contribution in [1.29, 1.82) is 0 Å². The molecule has 4 N–H and O–H groups in total. The number of nitrogen functional groups attached to an aromatic ring is 1. The normalized spacial score (nSPS) is 10.2. The number of nitrogens with two attached hydrogens (primary N) is 1. The molecule has 1 amide bonds. The number of carbonyl (C=O) groups is 1. The quantitative estimate of drug-likeness (QED) is 0.805. The molecular formula is C11H11BrN4O. The molecule has 0 radical (unpaired) electrons. The Hall–Kier alpha value is -1.82. The van der Waals surface area contributed by atoms with E-state index in [4.69, 9.17) is 5.73 Å². The first-order chi connectivity index (χ1) is 8.16. The number of nitrogens with zero attached hydrogens (tertiary/aromatic N) is 1. The SMILES string of the molecule is Nc1cc(C(=O)NCc2ccccc2Br)[nH]n1. The highest BCUT2D eigenvalue weighted by atomic mass is 79.9. The summed E-state index contributed by atoms with van der Waals surface area (Å²) in [6, 6.07) is 9.20. The minimum Gasteiger partial charge on any atom is -0.382 e. The molecule has 2 aromatic rings. The summed E-state index contributed by atoms with van der Waals surface area (Å²) in [6.45, 7) is 0.444. The number of H-pyrrole nitrogens is 1. The molecule has 0 spiro atoms. The van der Waals surface area contributed by atoms with Crippen LogP contribution in [0.2, 0.25) is 0 Å². The fourth-order valence-corrected chi connectivity index (χ4v) is 1.79. The Balaban J connectivity index is 1.99. The Morgan fingerprint density at radius 1 is 1.47 bits per heavy atom. The van der Waals surface area contributed by atoms with Gasteiger partial charge >= 0.3 is 0 Å². The van der Waals surface area contributed by atoms with Gasteiger partial charge in [0.1, 0.15) is 11.5 Å². The summed E-state index contributed by atoms with van der Waals surface area (Å²) in [7, 11) is 0. The Morgan fingerprint density at radius 3 is 2.88 bits per heavy atom. The Bertz CT molecular complexity index is 538. The van der Waals surface area contributed by atoms with E-state index in [0.29, 0.717) is 18.1 Å². The van der Waals surface area contributed by atoms with Crippen molar-refractivity contribution in [3.8, 4) is 0 Å². The van der Waals surface area contributed by atoms with Crippen molar-refractivity contribution < 1.29 is 4.79 Å². The lowest BCUT2D eigenvalue weighted by atomic mass is 10.2. The molecule has 1 heterocycles. The summed E-state index contributed by atoms with van der Waals surface area (Å²) in [5, 5.41) is 9.02. The third-order valence-electron chi connectivity index (χ3n) is 2.24. The smallest absolute Gasteiger partial charge is 0.269 e. The maximum absolute atomic E-state index is 11.7. The minimum atomic E-state index is -0.232. The Morgan fingerprint density at radius 2 is 2.24 bits per heavy atom. The van der Waals surface area contributed by atoms with Crippen LogP contribution in [0, 0.1) is 0 Å². The predicted molar refractivity (Wildman–Crippen MR) is 68.3 cm³/mol. The molecule has 0 aliphatic carbocycles. The van der Waals surface area contributed by atoms with E-state index in [1.165, 1.54) is 6.07 Å². The van der Waals surface area contributed by atoms with Gasteiger partial charge in [0.05, 0.1) is 0 Å². The second kappa shape index (κ2) is 5.01. The first-order valence-corrected chi connectivity index (χ1v) is 5.78. The molecule has 5 nitrogen and oxygen atoms in total. The van der Waals surface area contributed by atoms with Gasteiger partial charge in [-0.2, -0.15) is 5.10 Å². The topological polar surface area (TPSA) is 83.8 Å². The van der Waals surface area contributed by atoms with Crippen LogP contribution in [0.4, 0.5) is 5.82 Å². The molecule has 0 aliphatic heterocycles. The van der Waals surface area contributed by atoms with Crippen LogP contribution in [0.25, 0.3) is 0 Å². The summed E-state index contributed by atoms with van der Waals surface area (Å²) in [5.74, 6) is 0.0704. The molecule has 0 bridgehead atoms. The van der Waals surface area contributed by atoms with Gasteiger partial charge in [-0.3, -0.25) is 9.89 Å². The number of carbonyl (C=O) groups excluding carboxylic acids is 1. The number of rotatable bonds is 3. The summed E-state index contributed by atoms with van der Waals surface area (Å²) in [5.41, 5.74) is 6.78. The van der Waals surface area contributed by atoms with E-state index in [9.17, 15) is 4.79 Å². The van der Waals surface area contributed by atoms with Gasteiger partial charge in [-0.1, -0.05) is 34.1 Å². The Kier molecular flexibility index (Phi) is 3.43. The zero-order valence-corrected chi connectivity index (χ0v) is 10.5. The standard InChI is InChI=1S/C11H11BrN4O/c12-8-4-2-1-3-7(8)6-14-11(17)9-5-10(13)16-15-9/h1-5H,6H2,(H,14,17)(H3,13,15,16). The van der Waals surface area contributed by atoms with Crippen molar-refractivity contribution in [2.75, 3.05) is 5.73 Å². The summed E-state index contributed by atoms with van der Waals surface area (Å²) in [6.07, 6.45) is 0.